The molecule has 2 aromatic carbocycles. The molecule has 0 amide bonds. The molecule has 0 radical (unpaired) electrons. The van der Waals surface area contributed by atoms with Crippen LogP contribution in [0.4, 0.5) is 0 Å². The van der Waals surface area contributed by atoms with Crippen molar-refractivity contribution >= 4 is 26.8 Å². The van der Waals surface area contributed by atoms with Gasteiger partial charge < -0.3 is 4.42 Å². The lowest BCUT2D eigenvalue weighted by molar-refractivity contribution is -0.354. The molecule has 4 rings (SSSR count). The van der Waals surface area contributed by atoms with Gasteiger partial charge in [-0.05, 0) is 29.8 Å². The molecule has 0 unspecified atom stereocenters. The van der Waals surface area contributed by atoms with Crippen molar-refractivity contribution in [2.24, 2.45) is 0 Å². The molecule has 132 valence electrons. The Morgan fingerprint density at radius 2 is 1.85 bits per heavy atom. The van der Waals surface area contributed by atoms with Gasteiger partial charge in [0.05, 0.1) is 6.42 Å². The van der Waals surface area contributed by atoms with E-state index in [1.54, 1.807) is 6.07 Å². The third-order valence-corrected chi connectivity index (χ3v) is 6.17. The van der Waals surface area contributed by atoms with E-state index in [2.05, 4.69) is 5.32 Å². The molecule has 3 aromatic rings. The second-order valence-corrected chi connectivity index (χ2v) is 7.93. The Bertz CT molecular complexity index is 1160. The van der Waals surface area contributed by atoms with Crippen molar-refractivity contribution in [3.05, 3.63) is 76.6 Å². The van der Waals surface area contributed by atoms with Crippen LogP contribution in [0.5, 0.6) is 0 Å². The van der Waals surface area contributed by atoms with Crippen LogP contribution in [0.15, 0.2) is 74.8 Å². The van der Waals surface area contributed by atoms with E-state index in [1.165, 1.54) is 28.2 Å². The average molecular weight is 369 g/mol. The van der Waals surface area contributed by atoms with E-state index in [4.69, 9.17) is 4.42 Å². The lowest BCUT2D eigenvalue weighted by Gasteiger charge is -2.07. The Morgan fingerprint density at radius 1 is 1.04 bits per heavy atom. The third kappa shape index (κ3) is 3.01. The van der Waals surface area contributed by atoms with E-state index in [0.29, 0.717) is 36.3 Å². The van der Waals surface area contributed by atoms with Gasteiger partial charge in [0.15, 0.2) is 0 Å². The summed E-state index contributed by atoms with van der Waals surface area (Å²) in [6.07, 6.45) is 0.516. The molecule has 2 heterocycles. The van der Waals surface area contributed by atoms with Gasteiger partial charge in [0, 0.05) is 11.5 Å². The molecule has 0 atom stereocenters. The van der Waals surface area contributed by atoms with E-state index in [9.17, 15) is 13.2 Å². The van der Waals surface area contributed by atoms with Gasteiger partial charge >= 0.3 is 15.6 Å². The molecule has 26 heavy (non-hydrogen) atoms. The maximum absolute atomic E-state index is 13.1. The minimum Gasteiger partial charge on any atom is -0.423 e. The van der Waals surface area contributed by atoms with Crippen LogP contribution in [-0.4, -0.2) is 31.3 Å². The standard InChI is InChI=1S/C19H16N2O4S/c22-19-9-6-15-13-16(7-8-17(15)25-19)26(23,24)21-11-10-20-18(21)12-14-4-2-1-3-5-14/h1-9,13H,10-12H2/p+1. The van der Waals surface area contributed by atoms with Gasteiger partial charge in [-0.25, -0.2) is 4.79 Å². The zero-order chi connectivity index (χ0) is 18.1. The minimum absolute atomic E-state index is 0.174. The molecule has 6 nitrogen and oxygen atoms in total. The summed E-state index contributed by atoms with van der Waals surface area (Å²) in [7, 11) is -3.70. The number of nitrogens with zero attached hydrogens (tertiary/aromatic N) is 1. The number of hydrogen-bond acceptors (Lipinski definition) is 5. The quantitative estimate of drug-likeness (QED) is 0.560. The van der Waals surface area contributed by atoms with E-state index < -0.39 is 15.6 Å². The first-order valence-corrected chi connectivity index (χ1v) is 9.68. The first kappa shape index (κ1) is 16.5. The lowest BCUT2D eigenvalue weighted by Crippen LogP contribution is -2.29. The number of hydrogen-bond donors (Lipinski definition) is 1. The lowest BCUT2D eigenvalue weighted by atomic mass is 10.1. The molecule has 0 bridgehead atoms. The summed E-state index contributed by atoms with van der Waals surface area (Å²) in [5.74, 6) is 0.663. The highest BCUT2D eigenvalue weighted by Gasteiger charge is 2.32. The summed E-state index contributed by atoms with van der Waals surface area (Å²) < 4.78 is 32.7. The topological polar surface area (TPSA) is 79.4 Å². The molecular formula is C19H17N2O4S+. The molecule has 0 saturated heterocycles. The van der Waals surface area contributed by atoms with E-state index in [1.807, 2.05) is 30.3 Å². The van der Waals surface area contributed by atoms with Crippen molar-refractivity contribution < 1.29 is 16.8 Å². The largest absolute Gasteiger partial charge is 0.423 e. The highest BCUT2D eigenvalue weighted by Crippen LogP contribution is 2.20. The maximum atomic E-state index is 13.1. The van der Waals surface area contributed by atoms with Crippen LogP contribution in [-0.2, 0) is 16.4 Å². The fourth-order valence-electron chi connectivity index (χ4n) is 3.07. The SMILES string of the molecule is O=c1ccc2cc(S(=O)(=O)[N+]3=C(Cc4ccccc4)NCC3)ccc2o1. The highest BCUT2D eigenvalue weighted by molar-refractivity contribution is 7.85. The maximum Gasteiger partial charge on any atom is 0.336 e. The second-order valence-electron chi connectivity index (χ2n) is 6.07. The van der Waals surface area contributed by atoms with E-state index in [0.717, 1.165) is 5.56 Å². The Balaban J connectivity index is 1.76. The molecule has 1 aromatic heterocycles. The van der Waals surface area contributed by atoms with Crippen LogP contribution in [0.3, 0.4) is 0 Å². The molecule has 7 heteroatoms. The van der Waals surface area contributed by atoms with Crippen LogP contribution in [0.1, 0.15) is 5.56 Å². The van der Waals surface area contributed by atoms with Gasteiger partial charge in [-0.1, -0.05) is 30.3 Å². The van der Waals surface area contributed by atoms with Crippen molar-refractivity contribution in [2.75, 3.05) is 13.1 Å². The number of fused-ring (bicyclic) bond motifs is 1. The summed E-state index contributed by atoms with van der Waals surface area (Å²) in [4.78, 5) is 11.5. The number of amidine groups is 1. The predicted molar refractivity (Wildman–Crippen MR) is 98.0 cm³/mol. The number of rotatable bonds is 4. The number of benzene rings is 2. The fourth-order valence-corrected chi connectivity index (χ4v) is 4.59. The van der Waals surface area contributed by atoms with Crippen LogP contribution in [0, 0.1) is 0 Å². The minimum atomic E-state index is -3.70. The highest BCUT2D eigenvalue weighted by atomic mass is 32.2. The van der Waals surface area contributed by atoms with Crippen LogP contribution in [0.2, 0.25) is 0 Å². The van der Waals surface area contributed by atoms with Crippen molar-refractivity contribution in [3.8, 4) is 0 Å². The Morgan fingerprint density at radius 3 is 2.65 bits per heavy atom. The van der Waals surface area contributed by atoms with Crippen molar-refractivity contribution in [1.29, 1.82) is 0 Å². The Hall–Kier alpha value is -2.93. The monoisotopic (exact) mass is 369 g/mol. The van der Waals surface area contributed by atoms with Gasteiger partial charge in [-0.2, -0.15) is 8.42 Å². The predicted octanol–water partition coefficient (Wildman–Crippen LogP) is 1.74. The van der Waals surface area contributed by atoms with Crippen molar-refractivity contribution in [2.45, 2.75) is 11.3 Å². The normalized spacial score (nSPS) is 14.6. The summed E-state index contributed by atoms with van der Waals surface area (Å²) >= 11 is 0. The van der Waals surface area contributed by atoms with Crippen LogP contribution in [0.25, 0.3) is 11.0 Å². The molecule has 0 aliphatic carbocycles. The fraction of sp³-hybridized carbons (Fsp3) is 0.158. The second kappa shape index (κ2) is 6.42. The first-order valence-electron chi connectivity index (χ1n) is 8.24. The smallest absolute Gasteiger partial charge is 0.336 e. The van der Waals surface area contributed by atoms with Gasteiger partial charge in [-0.15, -0.1) is 3.98 Å². The van der Waals surface area contributed by atoms with Gasteiger partial charge in [0.1, 0.15) is 23.6 Å². The third-order valence-electron chi connectivity index (χ3n) is 4.34. The Kier molecular flexibility index (Phi) is 4.08. The summed E-state index contributed by atoms with van der Waals surface area (Å²) in [5, 5.41) is 3.75. The van der Waals surface area contributed by atoms with Crippen molar-refractivity contribution in [3.63, 3.8) is 0 Å². The summed E-state index contributed by atoms with van der Waals surface area (Å²) in [6, 6.07) is 17.1. The molecule has 1 aliphatic heterocycles. The zero-order valence-corrected chi connectivity index (χ0v) is 14.7. The van der Waals surface area contributed by atoms with Crippen LogP contribution >= 0.6 is 0 Å². The molecule has 1 N–H and O–H groups in total. The zero-order valence-electron chi connectivity index (χ0n) is 13.9. The van der Waals surface area contributed by atoms with Crippen molar-refractivity contribution in [1.82, 2.24) is 5.32 Å². The van der Waals surface area contributed by atoms with E-state index in [-0.39, 0.29) is 4.90 Å². The molecule has 0 spiro atoms. The van der Waals surface area contributed by atoms with Crippen LogP contribution < -0.4 is 10.9 Å². The summed E-state index contributed by atoms with van der Waals surface area (Å²) in [6.45, 7) is 0.955. The first-order chi connectivity index (χ1) is 12.5. The number of nitrogens with one attached hydrogen (secondary N) is 1. The van der Waals surface area contributed by atoms with Gasteiger partial charge in [0.2, 0.25) is 0 Å². The Labute approximate surface area is 150 Å². The molecule has 0 saturated carbocycles. The molecular weight excluding hydrogens is 352 g/mol. The number of sulfonamides is 1. The molecule has 0 fully saturated rings. The summed E-state index contributed by atoms with van der Waals surface area (Å²) in [5.41, 5.74) is 0.942. The van der Waals surface area contributed by atoms with E-state index >= 15 is 0 Å². The molecule has 1 aliphatic rings. The van der Waals surface area contributed by atoms with Gasteiger partial charge in [0.25, 0.3) is 5.84 Å². The van der Waals surface area contributed by atoms with Gasteiger partial charge in [-0.3, -0.25) is 5.32 Å². The average Bonchev–Trinajstić information content (AvgIpc) is 3.11.